The summed E-state index contributed by atoms with van der Waals surface area (Å²) < 4.78 is 27.5. The minimum Gasteiger partial charge on any atom is -0.367 e. The van der Waals surface area contributed by atoms with Gasteiger partial charge >= 0.3 is 0 Å². The molecule has 4 nitrogen and oxygen atoms in total. The third-order valence-corrected chi connectivity index (χ3v) is 4.01. The highest BCUT2D eigenvalue weighted by Gasteiger charge is 2.15. The normalized spacial score (nSPS) is 15.4. The van der Waals surface area contributed by atoms with Crippen molar-refractivity contribution in [2.75, 3.05) is 10.6 Å². The van der Waals surface area contributed by atoms with Crippen LogP contribution in [0.25, 0.3) is 0 Å². The number of halogens is 2. The summed E-state index contributed by atoms with van der Waals surface area (Å²) in [5, 5.41) is 6.05. The van der Waals surface area contributed by atoms with Gasteiger partial charge in [0.05, 0.1) is 0 Å². The Hall–Kier alpha value is -2.24. The van der Waals surface area contributed by atoms with E-state index in [0.29, 0.717) is 11.9 Å². The van der Waals surface area contributed by atoms with Gasteiger partial charge in [-0.25, -0.2) is 13.8 Å². The highest BCUT2D eigenvalue weighted by Crippen LogP contribution is 2.24. The number of para-hydroxylation sites is 1. The Kier molecular flexibility index (Phi) is 4.69. The predicted molar refractivity (Wildman–Crippen MR) is 86.9 cm³/mol. The van der Waals surface area contributed by atoms with Crippen molar-refractivity contribution in [1.29, 1.82) is 0 Å². The van der Waals surface area contributed by atoms with Crippen LogP contribution in [0.3, 0.4) is 0 Å². The zero-order valence-corrected chi connectivity index (χ0v) is 13.1. The first kappa shape index (κ1) is 15.6. The van der Waals surface area contributed by atoms with E-state index in [4.69, 9.17) is 0 Å². The molecular weight excluding hydrogens is 298 g/mol. The molecule has 0 radical (unpaired) electrons. The SMILES string of the molecule is Cc1cc(NC2CCCCC2)nc(Nc2c(F)cccc2F)n1. The summed E-state index contributed by atoms with van der Waals surface area (Å²) in [6, 6.07) is 5.96. The van der Waals surface area contributed by atoms with E-state index in [9.17, 15) is 8.78 Å². The minimum atomic E-state index is -0.670. The molecular formula is C17H20F2N4. The number of nitrogens with zero attached hydrogens (tertiary/aromatic N) is 2. The van der Waals surface area contributed by atoms with Crippen LogP contribution in [0.15, 0.2) is 24.3 Å². The molecule has 0 atom stereocenters. The first-order chi connectivity index (χ1) is 11.1. The van der Waals surface area contributed by atoms with Crippen molar-refractivity contribution >= 4 is 17.5 Å². The van der Waals surface area contributed by atoms with Crippen LogP contribution in [0.1, 0.15) is 37.8 Å². The highest BCUT2D eigenvalue weighted by molar-refractivity contribution is 5.56. The van der Waals surface area contributed by atoms with Crippen LogP contribution in [-0.2, 0) is 0 Å². The van der Waals surface area contributed by atoms with E-state index in [1.165, 1.54) is 37.5 Å². The second kappa shape index (κ2) is 6.89. The molecule has 0 saturated heterocycles. The summed E-state index contributed by atoms with van der Waals surface area (Å²) in [6.07, 6.45) is 5.95. The van der Waals surface area contributed by atoms with Crippen LogP contribution in [0.4, 0.5) is 26.2 Å². The molecule has 6 heteroatoms. The predicted octanol–water partition coefficient (Wildman–Crippen LogP) is 4.55. The third-order valence-electron chi connectivity index (χ3n) is 4.01. The molecule has 1 aromatic carbocycles. The van der Waals surface area contributed by atoms with Crippen molar-refractivity contribution in [3.8, 4) is 0 Å². The Morgan fingerprint density at radius 3 is 2.43 bits per heavy atom. The average molecular weight is 318 g/mol. The lowest BCUT2D eigenvalue weighted by molar-refractivity contribution is 0.462. The smallest absolute Gasteiger partial charge is 0.229 e. The number of aromatic nitrogens is 2. The molecule has 1 heterocycles. The Bertz CT molecular complexity index is 664. The maximum absolute atomic E-state index is 13.7. The number of rotatable bonds is 4. The fourth-order valence-electron chi connectivity index (χ4n) is 2.88. The van der Waals surface area contributed by atoms with E-state index >= 15 is 0 Å². The topological polar surface area (TPSA) is 49.8 Å². The van der Waals surface area contributed by atoms with Crippen LogP contribution in [-0.4, -0.2) is 16.0 Å². The molecule has 0 amide bonds. The lowest BCUT2D eigenvalue weighted by atomic mass is 9.95. The summed E-state index contributed by atoms with van der Waals surface area (Å²) in [6.45, 7) is 1.83. The summed E-state index contributed by atoms with van der Waals surface area (Å²) >= 11 is 0. The van der Waals surface area contributed by atoms with Gasteiger partial charge in [-0.3, -0.25) is 0 Å². The Morgan fingerprint density at radius 1 is 1.04 bits per heavy atom. The lowest BCUT2D eigenvalue weighted by Gasteiger charge is -2.23. The van der Waals surface area contributed by atoms with Crippen molar-refractivity contribution in [3.63, 3.8) is 0 Å². The van der Waals surface area contributed by atoms with Crippen LogP contribution in [0.5, 0.6) is 0 Å². The first-order valence-electron chi connectivity index (χ1n) is 7.95. The maximum Gasteiger partial charge on any atom is 0.229 e. The fraction of sp³-hybridized carbons (Fsp3) is 0.412. The molecule has 1 fully saturated rings. The average Bonchev–Trinajstić information content (AvgIpc) is 2.51. The summed E-state index contributed by atoms with van der Waals surface area (Å²) in [7, 11) is 0. The van der Waals surface area contributed by atoms with Crippen molar-refractivity contribution < 1.29 is 8.78 Å². The van der Waals surface area contributed by atoms with Gasteiger partial charge in [0.1, 0.15) is 23.1 Å². The van der Waals surface area contributed by atoms with Crippen molar-refractivity contribution in [2.24, 2.45) is 0 Å². The number of benzene rings is 1. The molecule has 1 aliphatic rings. The van der Waals surface area contributed by atoms with E-state index in [1.54, 1.807) is 0 Å². The fourth-order valence-corrected chi connectivity index (χ4v) is 2.88. The van der Waals surface area contributed by atoms with Gasteiger partial charge in [-0.15, -0.1) is 0 Å². The molecule has 23 heavy (non-hydrogen) atoms. The molecule has 3 rings (SSSR count). The summed E-state index contributed by atoms with van der Waals surface area (Å²) in [5.74, 6) is -0.468. The van der Waals surface area contributed by atoms with Gasteiger partial charge in [-0.2, -0.15) is 4.98 Å². The molecule has 0 bridgehead atoms. The number of nitrogens with one attached hydrogen (secondary N) is 2. The number of hydrogen-bond acceptors (Lipinski definition) is 4. The number of anilines is 3. The second-order valence-electron chi connectivity index (χ2n) is 5.92. The molecule has 2 N–H and O–H groups in total. The van der Waals surface area contributed by atoms with E-state index in [1.807, 2.05) is 13.0 Å². The molecule has 1 aromatic heterocycles. The van der Waals surface area contributed by atoms with Gasteiger partial charge < -0.3 is 10.6 Å². The number of hydrogen-bond donors (Lipinski definition) is 2. The Balaban J connectivity index is 1.80. The van der Waals surface area contributed by atoms with Crippen molar-refractivity contribution in [3.05, 3.63) is 41.6 Å². The second-order valence-corrected chi connectivity index (χ2v) is 5.92. The molecule has 2 aromatic rings. The monoisotopic (exact) mass is 318 g/mol. The van der Waals surface area contributed by atoms with E-state index in [0.717, 1.165) is 18.5 Å². The molecule has 0 aliphatic heterocycles. The molecule has 0 unspecified atom stereocenters. The third kappa shape index (κ3) is 3.94. The first-order valence-corrected chi connectivity index (χ1v) is 7.95. The van der Waals surface area contributed by atoms with Crippen LogP contribution >= 0.6 is 0 Å². The van der Waals surface area contributed by atoms with Gasteiger partial charge in [0.15, 0.2) is 0 Å². The zero-order valence-electron chi connectivity index (χ0n) is 13.1. The maximum atomic E-state index is 13.7. The van der Waals surface area contributed by atoms with Gasteiger partial charge in [0, 0.05) is 17.8 Å². The van der Waals surface area contributed by atoms with E-state index in [-0.39, 0.29) is 11.6 Å². The van der Waals surface area contributed by atoms with E-state index < -0.39 is 11.6 Å². The van der Waals surface area contributed by atoms with Gasteiger partial charge in [-0.1, -0.05) is 25.3 Å². The van der Waals surface area contributed by atoms with Crippen LogP contribution in [0.2, 0.25) is 0 Å². The summed E-state index contributed by atoms with van der Waals surface area (Å²) in [5.41, 5.74) is 0.499. The minimum absolute atomic E-state index is 0.187. The molecule has 1 aliphatic carbocycles. The summed E-state index contributed by atoms with van der Waals surface area (Å²) in [4.78, 5) is 8.55. The Morgan fingerprint density at radius 2 is 1.74 bits per heavy atom. The van der Waals surface area contributed by atoms with E-state index in [2.05, 4.69) is 20.6 Å². The number of aryl methyl sites for hydroxylation is 1. The molecule has 0 spiro atoms. The largest absolute Gasteiger partial charge is 0.367 e. The lowest BCUT2D eigenvalue weighted by Crippen LogP contribution is -2.23. The quantitative estimate of drug-likeness (QED) is 0.868. The van der Waals surface area contributed by atoms with Crippen molar-refractivity contribution in [2.45, 2.75) is 45.1 Å². The van der Waals surface area contributed by atoms with Gasteiger partial charge in [0.25, 0.3) is 0 Å². The standard InChI is InChI=1S/C17H20F2N4/c1-11-10-15(21-12-6-3-2-4-7-12)22-17(20-11)23-16-13(18)8-5-9-14(16)19/h5,8-10,12H,2-4,6-7H2,1H3,(H2,20,21,22,23). The van der Waals surface area contributed by atoms with Gasteiger partial charge in [-0.05, 0) is 31.9 Å². The van der Waals surface area contributed by atoms with Crippen LogP contribution in [0, 0.1) is 18.6 Å². The van der Waals surface area contributed by atoms with Crippen LogP contribution < -0.4 is 10.6 Å². The Labute approximate surface area is 134 Å². The van der Waals surface area contributed by atoms with Gasteiger partial charge in [0.2, 0.25) is 5.95 Å². The molecule has 1 saturated carbocycles. The van der Waals surface area contributed by atoms with Crippen molar-refractivity contribution in [1.82, 2.24) is 9.97 Å². The highest BCUT2D eigenvalue weighted by atomic mass is 19.1. The molecule has 122 valence electrons. The zero-order chi connectivity index (χ0) is 16.2.